The van der Waals surface area contributed by atoms with Crippen molar-refractivity contribution in [2.45, 2.75) is 21.8 Å². The van der Waals surface area contributed by atoms with Crippen molar-refractivity contribution >= 4 is 21.5 Å². The van der Waals surface area contributed by atoms with E-state index in [1.54, 1.807) is 0 Å². The molecule has 3 aromatic rings. The Morgan fingerprint density at radius 3 is 2.00 bits per heavy atom. The molecule has 0 unspecified atom stereocenters. The fourth-order valence-electron chi connectivity index (χ4n) is 2.12. The summed E-state index contributed by atoms with van der Waals surface area (Å²) in [5, 5.41) is 5.33. The van der Waals surface area contributed by atoms with Crippen molar-refractivity contribution in [2.75, 3.05) is 0 Å². The average Bonchev–Trinajstić information content (AvgIpc) is 2.29. The van der Waals surface area contributed by atoms with Gasteiger partial charge in [0.2, 0.25) is 0 Å². The monoisotopic (exact) mass is 224 g/mol. The minimum Gasteiger partial charge on any atom is -0.0776 e. The molecular weight excluding hydrogens is 204 g/mol. The van der Waals surface area contributed by atoms with E-state index in [-0.39, 0.29) is 14.9 Å². The number of aryl methyl sites for hydroxylation is 1. The Bertz CT molecular complexity index is 636. The van der Waals surface area contributed by atoms with Gasteiger partial charge in [-0.1, -0.05) is 75.0 Å². The van der Waals surface area contributed by atoms with Gasteiger partial charge in [-0.05, 0) is 28.5 Å². The second kappa shape index (κ2) is 5.01. The quantitative estimate of drug-likeness (QED) is 0.438. The van der Waals surface area contributed by atoms with Crippen LogP contribution < -0.4 is 0 Å². The van der Waals surface area contributed by atoms with Crippen LogP contribution in [-0.2, 0) is 0 Å². The molecule has 17 heavy (non-hydrogen) atoms. The van der Waals surface area contributed by atoms with Gasteiger partial charge >= 0.3 is 0 Å². The minimum atomic E-state index is 0. The fraction of sp³-hybridized carbons (Fsp3) is 0.176. The third kappa shape index (κ3) is 2.16. The summed E-state index contributed by atoms with van der Waals surface area (Å²) in [6.07, 6.45) is 0. The maximum absolute atomic E-state index is 2.26. The molecule has 0 fully saturated rings. The van der Waals surface area contributed by atoms with E-state index in [1.807, 2.05) is 0 Å². The van der Waals surface area contributed by atoms with Gasteiger partial charge in [0, 0.05) is 0 Å². The molecule has 0 aliphatic heterocycles. The van der Waals surface area contributed by atoms with Gasteiger partial charge in [-0.3, -0.25) is 0 Å². The lowest BCUT2D eigenvalue weighted by Crippen LogP contribution is -1.78. The van der Waals surface area contributed by atoms with Crippen LogP contribution in [0, 0.1) is 6.92 Å². The summed E-state index contributed by atoms with van der Waals surface area (Å²) in [5.74, 6) is 0. The molecule has 0 radical (unpaired) electrons. The Hall–Kier alpha value is -1.82. The maximum Gasteiger partial charge on any atom is -0.0103 e. The van der Waals surface area contributed by atoms with Crippen molar-refractivity contribution in [1.29, 1.82) is 0 Å². The highest BCUT2D eigenvalue weighted by Crippen LogP contribution is 2.25. The van der Waals surface area contributed by atoms with Crippen molar-refractivity contribution in [1.82, 2.24) is 0 Å². The summed E-state index contributed by atoms with van der Waals surface area (Å²) in [6, 6.07) is 19.5. The largest absolute Gasteiger partial charge is 0.0776 e. The summed E-state index contributed by atoms with van der Waals surface area (Å²) in [4.78, 5) is 0. The van der Waals surface area contributed by atoms with Crippen molar-refractivity contribution < 1.29 is 0 Å². The van der Waals surface area contributed by atoms with Gasteiger partial charge in [-0.15, -0.1) is 0 Å². The molecular formula is C17H20. The second-order valence-electron chi connectivity index (χ2n) is 4.01. The number of benzene rings is 3. The lowest BCUT2D eigenvalue weighted by atomic mass is 10.0. The summed E-state index contributed by atoms with van der Waals surface area (Å²) in [5.41, 5.74) is 1.32. The van der Waals surface area contributed by atoms with Crippen LogP contribution in [0.4, 0.5) is 0 Å². The lowest BCUT2D eigenvalue weighted by molar-refractivity contribution is 1.51. The second-order valence-corrected chi connectivity index (χ2v) is 4.01. The van der Waals surface area contributed by atoms with E-state index in [1.165, 1.54) is 27.1 Å². The molecule has 0 aliphatic carbocycles. The zero-order chi connectivity index (χ0) is 10.3. The van der Waals surface area contributed by atoms with Crippen LogP contribution in [0.3, 0.4) is 0 Å². The molecule has 0 saturated heterocycles. The molecule has 0 aromatic heterocycles. The molecule has 0 heterocycles. The van der Waals surface area contributed by atoms with Crippen LogP contribution in [-0.4, -0.2) is 0 Å². The van der Waals surface area contributed by atoms with Gasteiger partial charge < -0.3 is 0 Å². The predicted octanol–water partition coefficient (Wildman–Crippen LogP) is 5.57. The average molecular weight is 224 g/mol. The van der Waals surface area contributed by atoms with Crippen LogP contribution in [0.5, 0.6) is 0 Å². The Morgan fingerprint density at radius 1 is 0.647 bits per heavy atom. The lowest BCUT2D eigenvalue weighted by Gasteiger charge is -2.04. The van der Waals surface area contributed by atoms with E-state index >= 15 is 0 Å². The zero-order valence-corrected chi connectivity index (χ0v) is 8.70. The van der Waals surface area contributed by atoms with Crippen LogP contribution in [0.25, 0.3) is 21.5 Å². The van der Waals surface area contributed by atoms with Crippen molar-refractivity contribution in [3.63, 3.8) is 0 Å². The number of hydrogen-bond acceptors (Lipinski definition) is 0. The minimum absolute atomic E-state index is 0. The molecule has 0 heteroatoms. The van der Waals surface area contributed by atoms with E-state index in [0.717, 1.165) is 0 Å². The van der Waals surface area contributed by atoms with Crippen molar-refractivity contribution in [2.24, 2.45) is 0 Å². The van der Waals surface area contributed by atoms with Crippen LogP contribution in [0.2, 0.25) is 0 Å². The molecule has 0 N–H and O–H groups in total. The Morgan fingerprint density at radius 2 is 1.24 bits per heavy atom. The van der Waals surface area contributed by atoms with E-state index in [9.17, 15) is 0 Å². The Balaban J connectivity index is 0.000000722. The Labute approximate surface area is 104 Å². The van der Waals surface area contributed by atoms with E-state index in [0.29, 0.717) is 0 Å². The first-order valence-corrected chi connectivity index (χ1v) is 5.23. The molecule has 88 valence electrons. The van der Waals surface area contributed by atoms with E-state index in [2.05, 4.69) is 61.5 Å². The fourth-order valence-corrected chi connectivity index (χ4v) is 2.12. The van der Waals surface area contributed by atoms with Gasteiger partial charge in [0.25, 0.3) is 0 Å². The molecule has 0 saturated carbocycles. The van der Waals surface area contributed by atoms with Gasteiger partial charge in [-0.25, -0.2) is 0 Å². The van der Waals surface area contributed by atoms with E-state index < -0.39 is 0 Å². The summed E-state index contributed by atoms with van der Waals surface area (Å²) < 4.78 is 0. The molecule has 3 aromatic carbocycles. The van der Waals surface area contributed by atoms with Crippen LogP contribution in [0.1, 0.15) is 20.4 Å². The summed E-state index contributed by atoms with van der Waals surface area (Å²) >= 11 is 0. The standard InChI is InChI=1S/C15H12.2CH4/c1-11-6-7-13-9-8-12-4-2-3-5-14(12)15(13)10-11;;/h2-10H,1H3;2*1H4. The first kappa shape index (κ1) is 13.2. The first-order valence-electron chi connectivity index (χ1n) is 5.23. The molecule has 0 atom stereocenters. The van der Waals surface area contributed by atoms with E-state index in [4.69, 9.17) is 0 Å². The molecule has 3 rings (SSSR count). The number of rotatable bonds is 0. The normalized spacial score (nSPS) is 9.71. The SMILES string of the molecule is C.C.Cc1ccc2ccc3ccccc3c2c1. The third-order valence-electron chi connectivity index (χ3n) is 2.90. The van der Waals surface area contributed by atoms with Gasteiger partial charge in [0.15, 0.2) is 0 Å². The highest BCUT2D eigenvalue weighted by molar-refractivity contribution is 6.07. The van der Waals surface area contributed by atoms with Gasteiger partial charge in [0.1, 0.15) is 0 Å². The van der Waals surface area contributed by atoms with Gasteiger partial charge in [-0.2, -0.15) is 0 Å². The molecule has 0 spiro atoms. The van der Waals surface area contributed by atoms with Crippen LogP contribution in [0.15, 0.2) is 54.6 Å². The topological polar surface area (TPSA) is 0 Å². The third-order valence-corrected chi connectivity index (χ3v) is 2.90. The van der Waals surface area contributed by atoms with Crippen molar-refractivity contribution in [3.8, 4) is 0 Å². The van der Waals surface area contributed by atoms with Gasteiger partial charge in [0.05, 0.1) is 0 Å². The van der Waals surface area contributed by atoms with Crippen LogP contribution >= 0.6 is 0 Å². The molecule has 0 nitrogen and oxygen atoms in total. The molecule has 0 aliphatic rings. The first-order chi connectivity index (χ1) is 7.34. The maximum atomic E-state index is 2.26. The predicted molar refractivity (Wildman–Crippen MR) is 79.7 cm³/mol. The highest BCUT2D eigenvalue weighted by Gasteiger charge is 1.99. The summed E-state index contributed by atoms with van der Waals surface area (Å²) in [6.45, 7) is 2.14. The smallest absolute Gasteiger partial charge is 0.0103 e. The van der Waals surface area contributed by atoms with Crippen molar-refractivity contribution in [3.05, 3.63) is 60.2 Å². The summed E-state index contributed by atoms with van der Waals surface area (Å²) in [7, 11) is 0. The highest BCUT2D eigenvalue weighted by atomic mass is 14.0. The molecule has 0 bridgehead atoms. The zero-order valence-electron chi connectivity index (χ0n) is 8.70. The number of fused-ring (bicyclic) bond motifs is 3. The molecule has 0 amide bonds. The Kier molecular flexibility index (Phi) is 3.90. The number of hydrogen-bond donors (Lipinski definition) is 0.